The van der Waals surface area contributed by atoms with Gasteiger partial charge in [0.2, 0.25) is 15.9 Å². The molecule has 0 heterocycles. The third-order valence-electron chi connectivity index (χ3n) is 5.32. The Hall–Kier alpha value is -2.78. The first kappa shape index (κ1) is 26.8. The Bertz CT molecular complexity index is 1290. The zero-order chi connectivity index (χ0) is 25.6. The van der Waals surface area contributed by atoms with Crippen molar-refractivity contribution in [3.05, 3.63) is 87.9 Å². The van der Waals surface area contributed by atoms with E-state index in [0.717, 1.165) is 15.4 Å². The van der Waals surface area contributed by atoms with Gasteiger partial charge in [0.15, 0.2) is 11.5 Å². The van der Waals surface area contributed by atoms with Crippen LogP contribution in [0.1, 0.15) is 24.1 Å². The van der Waals surface area contributed by atoms with Crippen LogP contribution in [0.3, 0.4) is 0 Å². The van der Waals surface area contributed by atoms with Gasteiger partial charge < -0.3 is 14.8 Å². The van der Waals surface area contributed by atoms with Gasteiger partial charge in [0, 0.05) is 11.6 Å². The van der Waals surface area contributed by atoms with Gasteiger partial charge in [0.1, 0.15) is 4.90 Å². The molecule has 1 amide bonds. The quantitative estimate of drug-likeness (QED) is 0.390. The molecule has 7 nitrogen and oxygen atoms in total. The van der Waals surface area contributed by atoms with Gasteiger partial charge in [-0.1, -0.05) is 59.6 Å². The minimum absolute atomic E-state index is 0.0200. The Morgan fingerprint density at radius 1 is 0.971 bits per heavy atom. The summed E-state index contributed by atoms with van der Waals surface area (Å²) >= 11 is 12.2. The van der Waals surface area contributed by atoms with Crippen molar-refractivity contribution >= 4 is 39.1 Å². The number of hydrogen-bond acceptors (Lipinski definition) is 5. The van der Waals surface area contributed by atoms with E-state index < -0.39 is 28.5 Å². The number of rotatable bonds is 10. The van der Waals surface area contributed by atoms with Crippen molar-refractivity contribution in [1.29, 1.82) is 0 Å². The van der Waals surface area contributed by atoms with E-state index >= 15 is 0 Å². The Labute approximate surface area is 215 Å². The van der Waals surface area contributed by atoms with E-state index in [1.807, 2.05) is 6.07 Å². The molecular weight excluding hydrogens is 511 g/mol. The first-order valence-corrected chi connectivity index (χ1v) is 12.9. The van der Waals surface area contributed by atoms with Crippen LogP contribution in [0.5, 0.6) is 11.5 Å². The molecule has 186 valence electrons. The molecule has 10 heteroatoms. The lowest BCUT2D eigenvalue weighted by Gasteiger charge is -2.24. The van der Waals surface area contributed by atoms with Gasteiger partial charge in [0.05, 0.1) is 31.8 Å². The first-order valence-electron chi connectivity index (χ1n) is 10.7. The minimum Gasteiger partial charge on any atom is -0.493 e. The maximum atomic E-state index is 13.5. The molecule has 0 saturated heterocycles. The maximum absolute atomic E-state index is 13.5. The van der Waals surface area contributed by atoms with E-state index in [9.17, 15) is 13.2 Å². The van der Waals surface area contributed by atoms with Gasteiger partial charge in [-0.2, -0.15) is 4.31 Å². The molecule has 0 aliphatic rings. The molecule has 3 rings (SSSR count). The monoisotopic (exact) mass is 536 g/mol. The lowest BCUT2D eigenvalue weighted by atomic mass is 10.1. The summed E-state index contributed by atoms with van der Waals surface area (Å²) in [6, 6.07) is 18.1. The third-order valence-corrected chi connectivity index (χ3v) is 7.83. The van der Waals surface area contributed by atoms with Crippen molar-refractivity contribution in [1.82, 2.24) is 9.62 Å². The van der Waals surface area contributed by atoms with Crippen LogP contribution in [0.2, 0.25) is 10.0 Å². The summed E-state index contributed by atoms with van der Waals surface area (Å²) in [6.07, 6.45) is 0. The predicted octanol–water partition coefficient (Wildman–Crippen LogP) is 5.08. The van der Waals surface area contributed by atoms with Gasteiger partial charge in [-0.25, -0.2) is 8.42 Å². The van der Waals surface area contributed by atoms with Gasteiger partial charge in [-0.3, -0.25) is 4.79 Å². The Morgan fingerprint density at radius 3 is 2.31 bits per heavy atom. The molecule has 1 N–H and O–H groups in total. The summed E-state index contributed by atoms with van der Waals surface area (Å²) in [5, 5.41) is 3.09. The number of sulfonamides is 1. The number of methoxy groups -OCH3 is 2. The fourth-order valence-corrected chi connectivity index (χ4v) is 5.60. The average molecular weight is 537 g/mol. The highest BCUT2D eigenvalue weighted by atomic mass is 35.5. The second-order valence-corrected chi connectivity index (χ2v) is 10.5. The topological polar surface area (TPSA) is 84.9 Å². The summed E-state index contributed by atoms with van der Waals surface area (Å²) in [7, 11) is -1.08. The number of amides is 1. The SMILES string of the molecule is COc1ccc([C@@H](C)NC(=O)CN(Cc2ccccc2)S(=O)(=O)c2cc(Cl)ccc2Cl)cc1OC. The second-order valence-electron chi connectivity index (χ2n) is 7.74. The Balaban J connectivity index is 1.86. The fourth-order valence-electron chi connectivity index (χ4n) is 3.48. The summed E-state index contributed by atoms with van der Waals surface area (Å²) in [4.78, 5) is 12.8. The molecule has 0 radical (unpaired) electrons. The second kappa shape index (κ2) is 11.8. The van der Waals surface area contributed by atoms with Crippen LogP contribution in [0.15, 0.2) is 71.6 Å². The molecule has 3 aromatic rings. The van der Waals surface area contributed by atoms with Crippen molar-refractivity contribution in [2.75, 3.05) is 20.8 Å². The van der Waals surface area contributed by atoms with Crippen LogP contribution in [0.4, 0.5) is 0 Å². The van der Waals surface area contributed by atoms with E-state index in [0.29, 0.717) is 11.5 Å². The molecular formula is C25H26Cl2N2O5S. The number of nitrogens with zero attached hydrogens (tertiary/aromatic N) is 1. The van der Waals surface area contributed by atoms with Crippen molar-refractivity contribution in [3.63, 3.8) is 0 Å². The molecule has 0 aliphatic heterocycles. The molecule has 3 aromatic carbocycles. The van der Waals surface area contributed by atoms with Crippen LogP contribution in [0.25, 0.3) is 0 Å². The van der Waals surface area contributed by atoms with Crippen molar-refractivity contribution < 1.29 is 22.7 Å². The summed E-state index contributed by atoms with van der Waals surface area (Å²) in [5.41, 5.74) is 1.49. The van der Waals surface area contributed by atoms with E-state index in [1.165, 1.54) is 32.4 Å². The smallest absolute Gasteiger partial charge is 0.245 e. The normalized spacial score (nSPS) is 12.3. The molecule has 1 atom stereocenters. The molecule has 0 aromatic heterocycles. The molecule has 0 fully saturated rings. The van der Waals surface area contributed by atoms with Crippen LogP contribution in [-0.2, 0) is 21.4 Å². The summed E-state index contributed by atoms with van der Waals surface area (Å²) in [6.45, 7) is 1.35. The van der Waals surface area contributed by atoms with E-state index in [2.05, 4.69) is 5.32 Å². The molecule has 0 spiro atoms. The number of benzene rings is 3. The highest BCUT2D eigenvalue weighted by molar-refractivity contribution is 7.89. The maximum Gasteiger partial charge on any atom is 0.245 e. The third kappa shape index (κ3) is 6.67. The molecule has 0 unspecified atom stereocenters. The summed E-state index contributed by atoms with van der Waals surface area (Å²) < 4.78 is 38.7. The van der Waals surface area contributed by atoms with E-state index in [4.69, 9.17) is 32.7 Å². The standard InChI is InChI=1S/C25H26Cl2N2O5S/c1-17(19-9-12-22(33-2)23(13-19)34-3)28-25(30)16-29(15-18-7-5-4-6-8-18)35(31,32)24-14-20(26)10-11-21(24)27/h4-14,17H,15-16H2,1-3H3,(H,28,30)/t17-/m1/s1. The fraction of sp³-hybridized carbons (Fsp3) is 0.240. The predicted molar refractivity (Wildman–Crippen MR) is 137 cm³/mol. The van der Waals surface area contributed by atoms with Gasteiger partial charge in [0.25, 0.3) is 0 Å². The van der Waals surface area contributed by atoms with E-state index in [1.54, 1.807) is 49.4 Å². The number of nitrogens with one attached hydrogen (secondary N) is 1. The van der Waals surface area contributed by atoms with Crippen molar-refractivity contribution in [2.45, 2.75) is 24.4 Å². The lowest BCUT2D eigenvalue weighted by Crippen LogP contribution is -2.41. The Kier molecular flexibility index (Phi) is 9.02. The number of hydrogen-bond donors (Lipinski definition) is 1. The van der Waals surface area contributed by atoms with Gasteiger partial charge in [-0.05, 0) is 48.4 Å². The molecule has 0 aliphatic carbocycles. The van der Waals surface area contributed by atoms with Crippen molar-refractivity contribution in [2.24, 2.45) is 0 Å². The summed E-state index contributed by atoms with van der Waals surface area (Å²) in [5.74, 6) is 0.605. The van der Waals surface area contributed by atoms with Gasteiger partial charge in [-0.15, -0.1) is 0 Å². The highest BCUT2D eigenvalue weighted by Gasteiger charge is 2.29. The van der Waals surface area contributed by atoms with Crippen LogP contribution in [-0.4, -0.2) is 39.4 Å². The number of carbonyl (C=O) groups is 1. The van der Waals surface area contributed by atoms with Crippen LogP contribution >= 0.6 is 23.2 Å². The zero-order valence-corrected chi connectivity index (χ0v) is 21.8. The molecule has 35 heavy (non-hydrogen) atoms. The van der Waals surface area contributed by atoms with Gasteiger partial charge >= 0.3 is 0 Å². The van der Waals surface area contributed by atoms with Crippen LogP contribution < -0.4 is 14.8 Å². The van der Waals surface area contributed by atoms with E-state index in [-0.39, 0.29) is 21.5 Å². The average Bonchev–Trinajstić information content (AvgIpc) is 2.85. The first-order chi connectivity index (χ1) is 16.6. The minimum atomic E-state index is -4.15. The Morgan fingerprint density at radius 2 is 1.66 bits per heavy atom. The zero-order valence-electron chi connectivity index (χ0n) is 19.5. The number of ether oxygens (including phenoxy) is 2. The number of carbonyl (C=O) groups excluding carboxylic acids is 1. The van der Waals surface area contributed by atoms with Crippen molar-refractivity contribution in [3.8, 4) is 11.5 Å². The van der Waals surface area contributed by atoms with Crippen LogP contribution in [0, 0.1) is 0 Å². The largest absolute Gasteiger partial charge is 0.493 e. The molecule has 0 saturated carbocycles. The molecule has 0 bridgehead atoms. The highest BCUT2D eigenvalue weighted by Crippen LogP contribution is 2.31. The number of halogens is 2. The lowest BCUT2D eigenvalue weighted by molar-refractivity contribution is -0.122.